The molecule has 2 aromatic carbocycles. The zero-order chi connectivity index (χ0) is 22.1. The van der Waals surface area contributed by atoms with E-state index in [0.29, 0.717) is 28.4 Å². The van der Waals surface area contributed by atoms with Crippen LogP contribution >= 0.6 is 0 Å². The van der Waals surface area contributed by atoms with Crippen molar-refractivity contribution in [1.82, 2.24) is 5.16 Å². The Kier molecular flexibility index (Phi) is 5.21. The number of aromatic nitrogens is 1. The van der Waals surface area contributed by atoms with E-state index in [1.807, 2.05) is 0 Å². The summed E-state index contributed by atoms with van der Waals surface area (Å²) in [6, 6.07) is 14.1. The number of Topliss-reactive ketones (excluding diaryl/α,β-unsaturated/α-hetero) is 1. The van der Waals surface area contributed by atoms with Crippen molar-refractivity contribution in [3.63, 3.8) is 0 Å². The molecular formula is C23H20N2O6. The van der Waals surface area contributed by atoms with Gasteiger partial charge in [0.15, 0.2) is 5.82 Å². The summed E-state index contributed by atoms with van der Waals surface area (Å²) < 4.78 is 15.7. The number of hydrogen-bond acceptors (Lipinski definition) is 7. The Morgan fingerprint density at radius 1 is 1.06 bits per heavy atom. The van der Waals surface area contributed by atoms with Crippen LogP contribution in [0.1, 0.15) is 22.9 Å². The Bertz CT molecular complexity index is 1180. The van der Waals surface area contributed by atoms with Crippen LogP contribution in [0.4, 0.5) is 5.82 Å². The predicted molar refractivity (Wildman–Crippen MR) is 112 cm³/mol. The number of ketones is 1. The molecule has 8 nitrogen and oxygen atoms in total. The third-order valence-corrected chi connectivity index (χ3v) is 5.10. The summed E-state index contributed by atoms with van der Waals surface area (Å²) >= 11 is 0. The predicted octanol–water partition coefficient (Wildman–Crippen LogP) is 3.63. The summed E-state index contributed by atoms with van der Waals surface area (Å²) in [5.41, 5.74) is 0.829. The van der Waals surface area contributed by atoms with Crippen LogP contribution in [-0.2, 0) is 9.59 Å². The molecule has 3 aromatic rings. The molecule has 4 rings (SSSR count). The van der Waals surface area contributed by atoms with Gasteiger partial charge in [-0.2, -0.15) is 0 Å². The Morgan fingerprint density at radius 3 is 2.39 bits per heavy atom. The number of hydrogen-bond donors (Lipinski definition) is 1. The molecule has 158 valence electrons. The number of rotatable bonds is 5. The van der Waals surface area contributed by atoms with Crippen molar-refractivity contribution in [3.8, 4) is 11.5 Å². The molecule has 0 saturated carbocycles. The first-order chi connectivity index (χ1) is 15.0. The van der Waals surface area contributed by atoms with Gasteiger partial charge in [-0.3, -0.25) is 14.5 Å². The Balaban J connectivity index is 1.95. The third-order valence-electron chi connectivity index (χ3n) is 5.10. The fraction of sp³-hybridized carbons (Fsp3) is 0.174. The van der Waals surface area contributed by atoms with Crippen LogP contribution in [0.25, 0.3) is 5.76 Å². The number of nitrogens with zero attached hydrogens (tertiary/aromatic N) is 2. The average Bonchev–Trinajstić information content (AvgIpc) is 3.33. The number of carbonyl (C=O) groups excluding carboxylic acids is 2. The van der Waals surface area contributed by atoms with Crippen molar-refractivity contribution < 1.29 is 28.7 Å². The Hall–Kier alpha value is -4.07. The third kappa shape index (κ3) is 3.42. The summed E-state index contributed by atoms with van der Waals surface area (Å²) in [6.45, 7) is 1.68. The molecule has 1 aromatic heterocycles. The van der Waals surface area contributed by atoms with E-state index in [1.165, 1.54) is 19.1 Å². The van der Waals surface area contributed by atoms with Crippen LogP contribution in [0.15, 0.2) is 64.7 Å². The number of amides is 1. The minimum absolute atomic E-state index is 0.0691. The minimum Gasteiger partial charge on any atom is -0.507 e. The van der Waals surface area contributed by atoms with Gasteiger partial charge in [0, 0.05) is 17.2 Å². The van der Waals surface area contributed by atoms with Gasteiger partial charge in [0.2, 0.25) is 0 Å². The standard InChI is InChI=1S/C23H20N2O6/c1-13-12-18(24-31-13)25-20(16-6-4-5-7-17(16)30-3)19(22(27)23(25)28)21(26)14-8-10-15(29-2)11-9-14/h4-12,20,26H,1-3H3/b21-19-. The number of para-hydroxylation sites is 1. The van der Waals surface area contributed by atoms with E-state index in [1.54, 1.807) is 61.5 Å². The lowest BCUT2D eigenvalue weighted by molar-refractivity contribution is -0.132. The lowest BCUT2D eigenvalue weighted by atomic mass is 9.94. The average molecular weight is 420 g/mol. The zero-order valence-electron chi connectivity index (χ0n) is 17.2. The van der Waals surface area contributed by atoms with Crippen LogP contribution < -0.4 is 14.4 Å². The fourth-order valence-corrected chi connectivity index (χ4v) is 3.63. The summed E-state index contributed by atoms with van der Waals surface area (Å²) in [6.07, 6.45) is 0. The Morgan fingerprint density at radius 2 is 1.77 bits per heavy atom. The molecule has 1 unspecified atom stereocenters. The number of aliphatic hydroxyl groups is 1. The van der Waals surface area contributed by atoms with Crippen LogP contribution in [0.2, 0.25) is 0 Å². The van der Waals surface area contributed by atoms with E-state index in [2.05, 4.69) is 5.16 Å². The number of methoxy groups -OCH3 is 2. The molecule has 1 amide bonds. The van der Waals surface area contributed by atoms with Crippen LogP contribution in [0, 0.1) is 6.92 Å². The van der Waals surface area contributed by atoms with E-state index in [0.717, 1.165) is 0 Å². The van der Waals surface area contributed by atoms with E-state index < -0.39 is 17.7 Å². The molecular weight excluding hydrogens is 400 g/mol. The summed E-state index contributed by atoms with van der Waals surface area (Å²) in [5, 5.41) is 15.0. The largest absolute Gasteiger partial charge is 0.507 e. The first-order valence-corrected chi connectivity index (χ1v) is 9.48. The molecule has 1 aliphatic heterocycles. The van der Waals surface area contributed by atoms with Gasteiger partial charge in [0.1, 0.15) is 29.1 Å². The van der Waals surface area contributed by atoms with E-state index in [-0.39, 0.29) is 17.2 Å². The maximum atomic E-state index is 13.1. The number of aliphatic hydroxyl groups excluding tert-OH is 1. The highest BCUT2D eigenvalue weighted by molar-refractivity contribution is 6.51. The van der Waals surface area contributed by atoms with Crippen LogP contribution in [-0.4, -0.2) is 36.2 Å². The van der Waals surface area contributed by atoms with Crippen LogP contribution in [0.5, 0.6) is 11.5 Å². The monoisotopic (exact) mass is 420 g/mol. The molecule has 1 N–H and O–H groups in total. The number of carbonyl (C=O) groups is 2. The lowest BCUT2D eigenvalue weighted by Crippen LogP contribution is -2.29. The highest BCUT2D eigenvalue weighted by Crippen LogP contribution is 2.44. The highest BCUT2D eigenvalue weighted by Gasteiger charge is 2.49. The molecule has 0 bridgehead atoms. The number of anilines is 1. The summed E-state index contributed by atoms with van der Waals surface area (Å²) in [4.78, 5) is 27.3. The van der Waals surface area contributed by atoms with Gasteiger partial charge >= 0.3 is 5.91 Å². The minimum atomic E-state index is -0.956. The van der Waals surface area contributed by atoms with E-state index in [9.17, 15) is 14.7 Å². The normalized spacial score (nSPS) is 17.8. The summed E-state index contributed by atoms with van der Waals surface area (Å²) in [5.74, 6) is -0.254. The van der Waals surface area contributed by atoms with Crippen molar-refractivity contribution in [3.05, 3.63) is 77.1 Å². The second-order valence-electron chi connectivity index (χ2n) is 6.94. The molecule has 1 atom stereocenters. The molecule has 0 aliphatic carbocycles. The molecule has 1 fully saturated rings. The van der Waals surface area contributed by atoms with Gasteiger partial charge in [-0.1, -0.05) is 23.4 Å². The second-order valence-corrected chi connectivity index (χ2v) is 6.94. The first kappa shape index (κ1) is 20.2. The number of ether oxygens (including phenoxy) is 2. The van der Waals surface area contributed by atoms with Gasteiger partial charge in [0.25, 0.3) is 5.78 Å². The van der Waals surface area contributed by atoms with Crippen molar-refractivity contribution in [2.45, 2.75) is 13.0 Å². The van der Waals surface area contributed by atoms with Gasteiger partial charge in [-0.05, 0) is 37.3 Å². The second kappa shape index (κ2) is 7.98. The molecule has 1 aliphatic rings. The van der Waals surface area contributed by atoms with Gasteiger partial charge in [0.05, 0.1) is 19.8 Å². The first-order valence-electron chi connectivity index (χ1n) is 9.48. The van der Waals surface area contributed by atoms with Crippen molar-refractivity contribution in [1.29, 1.82) is 0 Å². The quantitative estimate of drug-likeness (QED) is 0.382. The zero-order valence-corrected chi connectivity index (χ0v) is 17.2. The van der Waals surface area contributed by atoms with Gasteiger partial charge in [-0.25, -0.2) is 0 Å². The van der Waals surface area contributed by atoms with Gasteiger partial charge < -0.3 is 19.1 Å². The molecule has 31 heavy (non-hydrogen) atoms. The number of aryl methyl sites for hydroxylation is 1. The maximum Gasteiger partial charge on any atom is 0.301 e. The van der Waals surface area contributed by atoms with Crippen molar-refractivity contribution in [2.24, 2.45) is 0 Å². The topological polar surface area (TPSA) is 102 Å². The summed E-state index contributed by atoms with van der Waals surface area (Å²) in [7, 11) is 3.02. The van der Waals surface area contributed by atoms with Crippen molar-refractivity contribution in [2.75, 3.05) is 19.1 Å². The van der Waals surface area contributed by atoms with E-state index in [4.69, 9.17) is 14.0 Å². The van der Waals surface area contributed by atoms with Crippen molar-refractivity contribution >= 4 is 23.3 Å². The lowest BCUT2D eigenvalue weighted by Gasteiger charge is -2.24. The maximum absolute atomic E-state index is 13.1. The smallest absolute Gasteiger partial charge is 0.301 e. The van der Waals surface area contributed by atoms with Gasteiger partial charge in [-0.15, -0.1) is 0 Å². The SMILES string of the molecule is COc1ccc(/C(O)=C2/C(=O)C(=O)N(c3cc(C)on3)C2c2ccccc2OC)cc1. The molecule has 0 radical (unpaired) electrons. The highest BCUT2D eigenvalue weighted by atomic mass is 16.5. The Labute approximate surface area is 178 Å². The molecule has 0 spiro atoms. The molecule has 8 heteroatoms. The number of benzene rings is 2. The molecule has 1 saturated heterocycles. The molecule has 2 heterocycles. The van der Waals surface area contributed by atoms with E-state index >= 15 is 0 Å². The van der Waals surface area contributed by atoms with Crippen LogP contribution in [0.3, 0.4) is 0 Å². The fourth-order valence-electron chi connectivity index (χ4n) is 3.63.